The molecule has 1 saturated heterocycles. The Morgan fingerprint density at radius 1 is 1.03 bits per heavy atom. The van der Waals surface area contributed by atoms with Gasteiger partial charge in [-0.25, -0.2) is 17.9 Å². The lowest BCUT2D eigenvalue weighted by atomic mass is 9.96. The quantitative estimate of drug-likeness (QED) is 0.264. The van der Waals surface area contributed by atoms with E-state index in [-0.39, 0.29) is 17.9 Å². The highest BCUT2D eigenvalue weighted by Crippen LogP contribution is 2.39. The molecule has 0 saturated carbocycles. The molecule has 1 aliphatic heterocycles. The van der Waals surface area contributed by atoms with E-state index >= 15 is 0 Å². The topological polar surface area (TPSA) is 119 Å². The first kappa shape index (κ1) is 28.4. The Hall–Kier alpha value is -3.13. The number of nitrogens with zero attached hydrogens (tertiary/aromatic N) is 3. The van der Waals surface area contributed by atoms with Gasteiger partial charge in [-0.3, -0.25) is 14.4 Å². The Morgan fingerprint density at radius 3 is 2.22 bits per heavy atom. The number of hydrogen-bond acceptors (Lipinski definition) is 10. The van der Waals surface area contributed by atoms with Gasteiger partial charge in [0.2, 0.25) is 0 Å². The van der Waals surface area contributed by atoms with E-state index in [9.17, 15) is 27.6 Å². The second-order valence-corrected chi connectivity index (χ2v) is 9.40. The maximum atomic E-state index is 13.8. The number of carbonyl (C=O) groups excluding carboxylic acids is 3. The fourth-order valence-corrected chi connectivity index (χ4v) is 4.91. The zero-order valence-corrected chi connectivity index (χ0v) is 21.3. The second kappa shape index (κ2) is 12.4. The standard InChI is InChI=1S/C23H26F3N3O7S/c1-5-6-37-23-22(35-13(4)32)20(21(34-12(3)31)18(36-23)10-33-11(2)30)29-9-17(27-28-29)14-7-15(24)19(26)16(25)8-14/h7-9,18,20-23H,5-6,10H2,1-4H3/t18?,20?,21-,22-,23+/m0/s1. The van der Waals surface area contributed by atoms with Crippen molar-refractivity contribution in [3.63, 3.8) is 0 Å². The normalized spacial score (nSPS) is 23.4. The average Bonchev–Trinajstić information content (AvgIpc) is 3.30. The number of benzene rings is 1. The molecule has 0 N–H and O–H groups in total. The summed E-state index contributed by atoms with van der Waals surface area (Å²) in [4.78, 5) is 35.6. The van der Waals surface area contributed by atoms with Crippen molar-refractivity contribution in [3.8, 4) is 11.3 Å². The van der Waals surface area contributed by atoms with Crippen molar-refractivity contribution < 1.29 is 46.5 Å². The third kappa shape index (κ3) is 7.01. The van der Waals surface area contributed by atoms with Gasteiger partial charge in [-0.2, -0.15) is 0 Å². The first-order valence-corrected chi connectivity index (χ1v) is 12.4. The number of ether oxygens (including phenoxy) is 4. The summed E-state index contributed by atoms with van der Waals surface area (Å²) in [6.07, 6.45) is -1.15. The summed E-state index contributed by atoms with van der Waals surface area (Å²) in [5.74, 6) is -5.78. The monoisotopic (exact) mass is 545 g/mol. The van der Waals surface area contributed by atoms with Crippen LogP contribution in [0, 0.1) is 17.5 Å². The van der Waals surface area contributed by atoms with Crippen molar-refractivity contribution in [1.82, 2.24) is 15.0 Å². The van der Waals surface area contributed by atoms with Crippen LogP contribution in [0.25, 0.3) is 11.3 Å². The van der Waals surface area contributed by atoms with Gasteiger partial charge in [-0.15, -0.1) is 16.9 Å². The molecular weight excluding hydrogens is 519 g/mol. The Bertz CT molecular complexity index is 1130. The van der Waals surface area contributed by atoms with E-state index in [2.05, 4.69) is 10.3 Å². The number of thioether (sulfide) groups is 1. The van der Waals surface area contributed by atoms with Gasteiger partial charge in [0.05, 0.1) is 6.20 Å². The van der Waals surface area contributed by atoms with E-state index in [0.717, 1.165) is 25.5 Å². The molecule has 1 aliphatic rings. The van der Waals surface area contributed by atoms with Gasteiger partial charge in [0.1, 0.15) is 29.9 Å². The van der Waals surface area contributed by atoms with E-state index in [1.54, 1.807) is 0 Å². The van der Waals surface area contributed by atoms with Crippen molar-refractivity contribution in [2.75, 3.05) is 12.4 Å². The zero-order chi connectivity index (χ0) is 27.3. The van der Waals surface area contributed by atoms with E-state index in [1.165, 1.54) is 36.5 Å². The molecule has 1 aromatic carbocycles. The van der Waals surface area contributed by atoms with Crippen LogP contribution in [0.15, 0.2) is 18.3 Å². The van der Waals surface area contributed by atoms with Crippen molar-refractivity contribution in [2.45, 2.75) is 63.9 Å². The van der Waals surface area contributed by atoms with Gasteiger partial charge in [0.25, 0.3) is 0 Å². The Morgan fingerprint density at radius 2 is 1.65 bits per heavy atom. The number of halogens is 3. The number of aromatic nitrogens is 3. The summed E-state index contributed by atoms with van der Waals surface area (Å²) in [6.45, 7) is 5.22. The molecule has 2 aromatic rings. The molecule has 2 heterocycles. The van der Waals surface area contributed by atoms with Crippen LogP contribution in [-0.2, 0) is 33.3 Å². The first-order chi connectivity index (χ1) is 17.5. The third-order valence-corrected chi connectivity index (χ3v) is 6.61. The summed E-state index contributed by atoms with van der Waals surface area (Å²) in [5, 5.41) is 7.96. The lowest BCUT2D eigenvalue weighted by molar-refractivity contribution is -0.212. The van der Waals surface area contributed by atoms with Crippen LogP contribution in [-0.4, -0.2) is 69.0 Å². The molecule has 2 unspecified atom stereocenters. The molecular formula is C23H26F3N3O7S. The average molecular weight is 546 g/mol. The summed E-state index contributed by atoms with van der Waals surface area (Å²) < 4.78 is 64.6. The summed E-state index contributed by atoms with van der Waals surface area (Å²) in [7, 11) is 0. The number of carbonyl (C=O) groups is 3. The minimum Gasteiger partial charge on any atom is -0.463 e. The van der Waals surface area contributed by atoms with Crippen molar-refractivity contribution in [3.05, 3.63) is 35.8 Å². The molecule has 1 aromatic heterocycles. The predicted octanol–water partition coefficient (Wildman–Crippen LogP) is 3.20. The van der Waals surface area contributed by atoms with Gasteiger partial charge in [0.15, 0.2) is 29.7 Å². The molecule has 0 spiro atoms. The lowest BCUT2D eigenvalue weighted by Gasteiger charge is -2.44. The molecule has 202 valence electrons. The van der Waals surface area contributed by atoms with Crippen molar-refractivity contribution >= 4 is 29.7 Å². The minimum atomic E-state index is -1.63. The van der Waals surface area contributed by atoms with Gasteiger partial charge < -0.3 is 18.9 Å². The van der Waals surface area contributed by atoms with Crippen molar-refractivity contribution in [2.24, 2.45) is 0 Å². The van der Waals surface area contributed by atoms with E-state index in [0.29, 0.717) is 5.75 Å². The van der Waals surface area contributed by atoms with Crippen LogP contribution in [0.2, 0.25) is 0 Å². The molecule has 1 fully saturated rings. The highest BCUT2D eigenvalue weighted by molar-refractivity contribution is 7.99. The van der Waals surface area contributed by atoms with Crippen LogP contribution in [0.1, 0.15) is 40.2 Å². The van der Waals surface area contributed by atoms with Crippen LogP contribution in [0.5, 0.6) is 0 Å². The fourth-order valence-electron chi connectivity index (χ4n) is 3.81. The number of rotatable bonds is 9. The van der Waals surface area contributed by atoms with Gasteiger partial charge in [0, 0.05) is 26.3 Å². The maximum Gasteiger partial charge on any atom is 0.303 e. The van der Waals surface area contributed by atoms with Crippen LogP contribution < -0.4 is 0 Å². The number of esters is 3. The van der Waals surface area contributed by atoms with E-state index in [4.69, 9.17) is 18.9 Å². The van der Waals surface area contributed by atoms with Crippen molar-refractivity contribution in [1.29, 1.82) is 0 Å². The maximum absolute atomic E-state index is 13.8. The Balaban J connectivity index is 2.10. The molecule has 10 nitrogen and oxygen atoms in total. The molecule has 5 atom stereocenters. The SMILES string of the molecule is CCCS[C@H]1OC(COC(C)=O)[C@H](OC(C)=O)C(n2cc(-c3cc(F)c(F)c(F)c3)nn2)[C@@H]1OC(C)=O. The van der Waals surface area contributed by atoms with Gasteiger partial charge in [-0.1, -0.05) is 12.1 Å². The largest absolute Gasteiger partial charge is 0.463 e. The molecule has 0 bridgehead atoms. The Labute approximate surface area is 214 Å². The van der Waals surface area contributed by atoms with Crippen LogP contribution in [0.4, 0.5) is 13.2 Å². The first-order valence-electron chi connectivity index (χ1n) is 11.3. The highest BCUT2D eigenvalue weighted by atomic mass is 32.2. The molecule has 37 heavy (non-hydrogen) atoms. The van der Waals surface area contributed by atoms with E-state index in [1.807, 2.05) is 6.92 Å². The van der Waals surface area contributed by atoms with Gasteiger partial charge in [-0.05, 0) is 24.3 Å². The predicted molar refractivity (Wildman–Crippen MR) is 124 cm³/mol. The highest BCUT2D eigenvalue weighted by Gasteiger charge is 2.51. The van der Waals surface area contributed by atoms with Gasteiger partial charge >= 0.3 is 17.9 Å². The summed E-state index contributed by atoms with van der Waals surface area (Å²) in [6, 6.07) is 0.480. The molecule has 0 amide bonds. The summed E-state index contributed by atoms with van der Waals surface area (Å²) in [5.41, 5.74) is -0.910. The molecule has 3 rings (SSSR count). The summed E-state index contributed by atoms with van der Waals surface area (Å²) >= 11 is 1.33. The zero-order valence-electron chi connectivity index (χ0n) is 20.5. The van der Waals surface area contributed by atoms with Crippen LogP contribution in [0.3, 0.4) is 0 Å². The lowest BCUT2D eigenvalue weighted by Crippen LogP contribution is -2.57. The third-order valence-electron chi connectivity index (χ3n) is 5.25. The molecule has 0 radical (unpaired) electrons. The molecule has 0 aliphatic carbocycles. The Kier molecular flexibility index (Phi) is 9.54. The van der Waals surface area contributed by atoms with E-state index < -0.39 is 65.1 Å². The smallest absolute Gasteiger partial charge is 0.303 e. The fraction of sp³-hybridized carbons (Fsp3) is 0.522. The number of hydrogen-bond donors (Lipinski definition) is 0. The molecule has 14 heteroatoms. The minimum absolute atomic E-state index is 0.0262. The second-order valence-electron chi connectivity index (χ2n) is 8.19. The van der Waals surface area contributed by atoms with Crippen LogP contribution >= 0.6 is 11.8 Å².